The number of urea groups is 1. The van der Waals surface area contributed by atoms with Crippen LogP contribution in [0, 0.1) is 6.92 Å². The summed E-state index contributed by atoms with van der Waals surface area (Å²) in [4.78, 5) is 41.8. The number of hydrogen-bond acceptors (Lipinski definition) is 4. The van der Waals surface area contributed by atoms with Crippen LogP contribution in [0.4, 0.5) is 4.79 Å². The van der Waals surface area contributed by atoms with E-state index in [4.69, 9.17) is 4.74 Å². The average Bonchev–Trinajstić information content (AvgIpc) is 2.98. The Balaban J connectivity index is 1.52. The zero-order valence-corrected chi connectivity index (χ0v) is 17.2. The molecule has 7 nitrogen and oxygen atoms in total. The molecule has 0 radical (unpaired) electrons. The molecule has 1 unspecified atom stereocenters. The first-order chi connectivity index (χ1) is 14.4. The minimum atomic E-state index is -1.06. The Bertz CT molecular complexity index is 988. The second-order valence-corrected chi connectivity index (χ2v) is 7.95. The van der Waals surface area contributed by atoms with Crippen molar-refractivity contribution in [1.29, 1.82) is 0 Å². The van der Waals surface area contributed by atoms with Gasteiger partial charge in [-0.05, 0) is 43.5 Å². The molecular formula is C23H25N3O4. The lowest BCUT2D eigenvalue weighted by Crippen LogP contribution is -2.59. The van der Waals surface area contributed by atoms with Gasteiger partial charge in [-0.3, -0.25) is 14.5 Å². The first-order valence-electron chi connectivity index (χ1n) is 10.0. The average molecular weight is 407 g/mol. The van der Waals surface area contributed by atoms with Crippen LogP contribution in [0.1, 0.15) is 34.3 Å². The van der Waals surface area contributed by atoms with Crippen LogP contribution in [-0.4, -0.2) is 53.4 Å². The number of aryl methyl sites for hydroxylation is 1. The van der Waals surface area contributed by atoms with Crippen LogP contribution in [0.25, 0.3) is 0 Å². The van der Waals surface area contributed by atoms with Gasteiger partial charge in [0.25, 0.3) is 11.8 Å². The number of imide groups is 1. The molecule has 156 valence electrons. The summed E-state index contributed by atoms with van der Waals surface area (Å²) in [5.74, 6) is 0.158. The van der Waals surface area contributed by atoms with E-state index < -0.39 is 11.6 Å². The number of amides is 4. The summed E-state index contributed by atoms with van der Waals surface area (Å²) in [6.07, 6.45) is 1.16. The van der Waals surface area contributed by atoms with E-state index in [1.807, 2.05) is 31.2 Å². The molecule has 4 rings (SSSR count). The third-order valence-electron chi connectivity index (χ3n) is 5.80. The molecule has 7 heteroatoms. The molecule has 2 heterocycles. The number of rotatable bonds is 4. The minimum Gasteiger partial charge on any atom is -0.497 e. The SMILES string of the molecule is COc1cccc(C(=O)N2CCCC3(C2)NC(=O)N(Cc2ccc(C)cc2)C3=O)c1. The fourth-order valence-corrected chi connectivity index (χ4v) is 4.14. The predicted octanol–water partition coefficient (Wildman–Crippen LogP) is 2.73. The maximum absolute atomic E-state index is 13.3. The maximum Gasteiger partial charge on any atom is 0.325 e. The van der Waals surface area contributed by atoms with E-state index in [-0.39, 0.29) is 24.9 Å². The molecule has 1 atom stereocenters. The number of likely N-dealkylation sites (tertiary alicyclic amines) is 1. The zero-order valence-electron chi connectivity index (χ0n) is 17.2. The van der Waals surface area contributed by atoms with Gasteiger partial charge in [-0.2, -0.15) is 0 Å². The van der Waals surface area contributed by atoms with E-state index in [1.54, 1.807) is 36.3 Å². The van der Waals surface area contributed by atoms with Gasteiger partial charge in [0.1, 0.15) is 11.3 Å². The Morgan fingerprint density at radius 2 is 1.93 bits per heavy atom. The molecule has 0 saturated carbocycles. The number of carbonyl (C=O) groups is 3. The van der Waals surface area contributed by atoms with Gasteiger partial charge in [-0.15, -0.1) is 0 Å². The molecular weight excluding hydrogens is 382 g/mol. The maximum atomic E-state index is 13.3. The third kappa shape index (κ3) is 3.63. The van der Waals surface area contributed by atoms with Gasteiger partial charge in [-0.25, -0.2) is 4.79 Å². The van der Waals surface area contributed by atoms with Crippen molar-refractivity contribution in [1.82, 2.24) is 15.1 Å². The predicted molar refractivity (Wildman–Crippen MR) is 111 cm³/mol. The quantitative estimate of drug-likeness (QED) is 0.791. The third-order valence-corrected chi connectivity index (χ3v) is 5.80. The van der Waals surface area contributed by atoms with Crippen molar-refractivity contribution < 1.29 is 19.1 Å². The number of nitrogens with zero attached hydrogens (tertiary/aromatic N) is 2. The molecule has 0 aromatic heterocycles. The second kappa shape index (κ2) is 7.82. The summed E-state index contributed by atoms with van der Waals surface area (Å²) in [7, 11) is 1.55. The number of piperidine rings is 1. The van der Waals surface area contributed by atoms with E-state index in [9.17, 15) is 14.4 Å². The van der Waals surface area contributed by atoms with Crippen LogP contribution in [-0.2, 0) is 11.3 Å². The van der Waals surface area contributed by atoms with Crippen molar-refractivity contribution in [3.8, 4) is 5.75 Å². The summed E-state index contributed by atoms with van der Waals surface area (Å²) in [5.41, 5.74) is 1.45. The van der Waals surface area contributed by atoms with Crippen LogP contribution in [0.15, 0.2) is 48.5 Å². The molecule has 1 N–H and O–H groups in total. The van der Waals surface area contributed by atoms with Crippen molar-refractivity contribution >= 4 is 17.8 Å². The highest BCUT2D eigenvalue weighted by Gasteiger charge is 2.53. The lowest BCUT2D eigenvalue weighted by atomic mass is 9.88. The molecule has 1 spiro atoms. The molecule has 4 amide bonds. The summed E-state index contributed by atoms with van der Waals surface area (Å²) >= 11 is 0. The van der Waals surface area contributed by atoms with Crippen molar-refractivity contribution in [2.24, 2.45) is 0 Å². The van der Waals surface area contributed by atoms with Gasteiger partial charge in [0, 0.05) is 12.1 Å². The van der Waals surface area contributed by atoms with E-state index >= 15 is 0 Å². The number of ether oxygens (including phenoxy) is 1. The number of benzene rings is 2. The molecule has 2 aromatic carbocycles. The highest BCUT2D eigenvalue weighted by molar-refractivity contribution is 6.07. The highest BCUT2D eigenvalue weighted by Crippen LogP contribution is 2.30. The Labute approximate surface area is 175 Å². The van der Waals surface area contributed by atoms with Crippen molar-refractivity contribution in [2.45, 2.75) is 31.8 Å². The summed E-state index contributed by atoms with van der Waals surface area (Å²) in [5, 5.41) is 2.88. The van der Waals surface area contributed by atoms with E-state index in [0.29, 0.717) is 30.7 Å². The summed E-state index contributed by atoms with van der Waals surface area (Å²) in [6, 6.07) is 14.3. The lowest BCUT2D eigenvalue weighted by Gasteiger charge is -2.38. The Morgan fingerprint density at radius 3 is 2.67 bits per heavy atom. The molecule has 0 bridgehead atoms. The standard InChI is InChI=1S/C23H25N3O4/c1-16-7-9-17(10-8-16)14-26-21(28)23(24-22(26)29)11-4-12-25(15-23)20(27)18-5-3-6-19(13-18)30-2/h3,5-10,13H,4,11-12,14-15H2,1-2H3,(H,24,29). The van der Waals surface area contributed by atoms with Gasteiger partial charge in [0.2, 0.25) is 0 Å². The highest BCUT2D eigenvalue weighted by atomic mass is 16.5. The summed E-state index contributed by atoms with van der Waals surface area (Å²) in [6.45, 7) is 2.91. The van der Waals surface area contributed by atoms with Gasteiger partial charge in [-0.1, -0.05) is 35.9 Å². The summed E-state index contributed by atoms with van der Waals surface area (Å²) < 4.78 is 5.21. The molecule has 30 heavy (non-hydrogen) atoms. The van der Waals surface area contributed by atoms with Gasteiger partial charge in [0.15, 0.2) is 0 Å². The largest absolute Gasteiger partial charge is 0.497 e. The number of methoxy groups -OCH3 is 1. The van der Waals surface area contributed by atoms with E-state index in [2.05, 4.69) is 5.32 Å². The molecule has 2 aliphatic heterocycles. The first kappa shape index (κ1) is 19.9. The van der Waals surface area contributed by atoms with Crippen LogP contribution in [0.2, 0.25) is 0 Å². The fourth-order valence-electron chi connectivity index (χ4n) is 4.14. The van der Waals surface area contributed by atoms with Gasteiger partial charge >= 0.3 is 6.03 Å². The van der Waals surface area contributed by atoms with Crippen molar-refractivity contribution in [2.75, 3.05) is 20.2 Å². The first-order valence-corrected chi connectivity index (χ1v) is 10.0. The Kier molecular flexibility index (Phi) is 5.20. The van der Waals surface area contributed by atoms with Crippen LogP contribution < -0.4 is 10.1 Å². The molecule has 2 fully saturated rings. The van der Waals surface area contributed by atoms with E-state index in [1.165, 1.54) is 4.90 Å². The molecule has 0 aliphatic carbocycles. The zero-order chi connectivity index (χ0) is 21.3. The van der Waals surface area contributed by atoms with Crippen LogP contribution in [0.5, 0.6) is 5.75 Å². The monoisotopic (exact) mass is 407 g/mol. The number of hydrogen-bond donors (Lipinski definition) is 1. The van der Waals surface area contributed by atoms with E-state index in [0.717, 1.165) is 11.1 Å². The second-order valence-electron chi connectivity index (χ2n) is 7.95. The Morgan fingerprint density at radius 1 is 1.17 bits per heavy atom. The number of nitrogens with one attached hydrogen (secondary N) is 1. The molecule has 2 aliphatic rings. The fraction of sp³-hybridized carbons (Fsp3) is 0.348. The lowest BCUT2D eigenvalue weighted by molar-refractivity contribution is -0.133. The normalized spacial score (nSPS) is 21.1. The smallest absolute Gasteiger partial charge is 0.325 e. The molecule has 2 saturated heterocycles. The van der Waals surface area contributed by atoms with Crippen molar-refractivity contribution in [3.05, 3.63) is 65.2 Å². The topological polar surface area (TPSA) is 79.0 Å². The number of carbonyl (C=O) groups excluding carboxylic acids is 3. The van der Waals surface area contributed by atoms with Gasteiger partial charge < -0.3 is 15.0 Å². The minimum absolute atomic E-state index is 0.165. The van der Waals surface area contributed by atoms with Gasteiger partial charge in [0.05, 0.1) is 20.2 Å². The van der Waals surface area contributed by atoms with Crippen LogP contribution in [0.3, 0.4) is 0 Å². The molecule has 2 aromatic rings. The van der Waals surface area contributed by atoms with Crippen molar-refractivity contribution in [3.63, 3.8) is 0 Å². The Hall–Kier alpha value is -3.35. The van der Waals surface area contributed by atoms with Crippen LogP contribution >= 0.6 is 0 Å².